The lowest BCUT2D eigenvalue weighted by atomic mass is 9.96. The van der Waals surface area contributed by atoms with Gasteiger partial charge in [0.1, 0.15) is 23.1 Å². The summed E-state index contributed by atoms with van der Waals surface area (Å²) in [4.78, 5) is 37.2. The Morgan fingerprint density at radius 2 is 1.81 bits per heavy atom. The van der Waals surface area contributed by atoms with Gasteiger partial charge in [-0.15, -0.1) is 0 Å². The van der Waals surface area contributed by atoms with Crippen molar-refractivity contribution in [1.82, 2.24) is 20.3 Å². The van der Waals surface area contributed by atoms with Gasteiger partial charge in [0.05, 0.1) is 11.0 Å². The normalized spacial score (nSPS) is 14.3. The molecule has 1 amide bonds. The number of benzene rings is 1. The predicted molar refractivity (Wildman–Crippen MR) is 119 cm³/mol. The molecule has 1 saturated carbocycles. The molecule has 4 rings (SSSR count). The summed E-state index contributed by atoms with van der Waals surface area (Å²) in [6.07, 6.45) is -2.00. The number of rotatable bonds is 8. The van der Waals surface area contributed by atoms with Gasteiger partial charge in [-0.3, -0.25) is 14.6 Å². The number of hydrogen-bond donors (Lipinski definition) is 2. The summed E-state index contributed by atoms with van der Waals surface area (Å²) in [7, 11) is 1.47. The molecule has 3 aromatic rings. The predicted octanol–water partition coefficient (Wildman–Crippen LogP) is 4.55. The van der Waals surface area contributed by atoms with Crippen LogP contribution in [0.1, 0.15) is 40.9 Å². The molecule has 2 heterocycles. The van der Waals surface area contributed by atoms with Crippen molar-refractivity contribution in [2.45, 2.75) is 32.0 Å². The van der Waals surface area contributed by atoms with E-state index < -0.39 is 34.6 Å². The van der Waals surface area contributed by atoms with Crippen LogP contribution in [0.2, 0.25) is 0 Å². The molecule has 0 unspecified atom stereocenters. The lowest BCUT2D eigenvalue weighted by Crippen LogP contribution is -2.30. The van der Waals surface area contributed by atoms with Gasteiger partial charge in [0.15, 0.2) is 11.6 Å². The Kier molecular flexibility index (Phi) is 6.70. The van der Waals surface area contributed by atoms with Crippen LogP contribution in [0.3, 0.4) is 0 Å². The van der Waals surface area contributed by atoms with Crippen LogP contribution >= 0.6 is 0 Å². The molecule has 0 spiro atoms. The fourth-order valence-electron chi connectivity index (χ4n) is 3.68. The Balaban J connectivity index is 1.69. The molecule has 1 aliphatic carbocycles. The second kappa shape index (κ2) is 9.59. The zero-order valence-electron chi connectivity index (χ0n) is 18.9. The molecule has 188 valence electrons. The number of aromatic nitrogens is 3. The van der Waals surface area contributed by atoms with Gasteiger partial charge in [0, 0.05) is 55.7 Å². The van der Waals surface area contributed by atoms with E-state index in [0.29, 0.717) is 25.1 Å². The van der Waals surface area contributed by atoms with Gasteiger partial charge in [-0.2, -0.15) is 13.2 Å². The van der Waals surface area contributed by atoms with E-state index in [2.05, 4.69) is 25.6 Å². The Morgan fingerprint density at radius 1 is 1.06 bits per heavy atom. The maximum absolute atomic E-state index is 14.0. The number of hydrogen-bond acceptors (Lipinski definition) is 6. The summed E-state index contributed by atoms with van der Waals surface area (Å²) >= 11 is 0. The Labute approximate surface area is 202 Å². The number of ketones is 1. The van der Waals surface area contributed by atoms with E-state index >= 15 is 0 Å². The molecule has 0 aliphatic heterocycles. The summed E-state index contributed by atoms with van der Waals surface area (Å²) in [5.74, 6) is -2.54. The lowest BCUT2D eigenvalue weighted by molar-refractivity contribution is -0.137. The highest BCUT2D eigenvalue weighted by molar-refractivity contribution is 6.00. The van der Waals surface area contributed by atoms with Crippen LogP contribution in [-0.2, 0) is 17.5 Å². The highest BCUT2D eigenvalue weighted by Gasteiger charge is 2.50. The van der Waals surface area contributed by atoms with Crippen LogP contribution in [0.5, 0.6) is 0 Å². The fourth-order valence-corrected chi connectivity index (χ4v) is 3.68. The fraction of sp³-hybridized carbons (Fsp3) is 0.292. The number of Topliss-reactive ketones (excluding diaryl/α,β-unsaturated/α-hetero) is 1. The molecule has 0 radical (unpaired) electrons. The van der Waals surface area contributed by atoms with Crippen molar-refractivity contribution in [3.8, 4) is 11.4 Å². The minimum absolute atomic E-state index is 0.0225. The number of amides is 1. The van der Waals surface area contributed by atoms with Gasteiger partial charge < -0.3 is 10.6 Å². The summed E-state index contributed by atoms with van der Waals surface area (Å²) in [5, 5.41) is 5.32. The molecule has 12 heteroatoms. The molecule has 36 heavy (non-hydrogen) atoms. The SMILES string of the molecule is CNC(=O)C1(CC(=O)c2cc(NCc3ccc(F)cc3F)nc(-c3cncc(C(F)(F)F)c3)n2)CC1. The van der Waals surface area contributed by atoms with Crippen molar-refractivity contribution in [2.24, 2.45) is 5.41 Å². The number of nitrogens with one attached hydrogen (secondary N) is 2. The average Bonchev–Trinajstić information content (AvgIpc) is 3.63. The monoisotopic (exact) mass is 505 g/mol. The van der Waals surface area contributed by atoms with Crippen LogP contribution in [-0.4, -0.2) is 33.7 Å². The standard InChI is InChI=1S/C24H20F5N5O2/c1-30-22(36)23(4-5-23)9-19(35)18-8-20(32-11-13-2-3-16(25)7-17(13)26)34-21(33-18)14-6-15(12-31-10-14)24(27,28)29/h2-3,6-8,10,12H,4-5,9,11H2,1H3,(H,30,36)(H,32,33,34). The molecule has 1 aliphatic rings. The molecule has 1 aromatic carbocycles. The Morgan fingerprint density at radius 3 is 2.44 bits per heavy atom. The maximum Gasteiger partial charge on any atom is 0.417 e. The number of carbonyl (C=O) groups is 2. The van der Waals surface area contributed by atoms with E-state index in [1.54, 1.807) is 0 Å². The van der Waals surface area contributed by atoms with Crippen molar-refractivity contribution < 1.29 is 31.5 Å². The molecule has 2 aromatic heterocycles. The van der Waals surface area contributed by atoms with Crippen molar-refractivity contribution in [1.29, 1.82) is 0 Å². The third kappa shape index (κ3) is 5.47. The second-order valence-electron chi connectivity index (χ2n) is 8.47. The minimum atomic E-state index is -4.66. The molecular formula is C24H20F5N5O2. The third-order valence-corrected chi connectivity index (χ3v) is 5.87. The zero-order chi connectivity index (χ0) is 26.1. The van der Waals surface area contributed by atoms with Gasteiger partial charge in [0.2, 0.25) is 5.91 Å². The van der Waals surface area contributed by atoms with Gasteiger partial charge in [-0.25, -0.2) is 18.7 Å². The van der Waals surface area contributed by atoms with E-state index in [-0.39, 0.29) is 47.3 Å². The van der Waals surface area contributed by atoms with Crippen LogP contribution in [0, 0.1) is 17.0 Å². The summed E-state index contributed by atoms with van der Waals surface area (Å²) in [6, 6.07) is 5.08. The van der Waals surface area contributed by atoms with Crippen LogP contribution in [0.4, 0.5) is 27.8 Å². The van der Waals surface area contributed by atoms with E-state index in [9.17, 15) is 31.5 Å². The first kappa shape index (κ1) is 25.1. The van der Waals surface area contributed by atoms with Gasteiger partial charge in [0.25, 0.3) is 0 Å². The highest BCUT2D eigenvalue weighted by atomic mass is 19.4. The first-order valence-corrected chi connectivity index (χ1v) is 10.9. The largest absolute Gasteiger partial charge is 0.417 e. The number of pyridine rings is 1. The first-order valence-electron chi connectivity index (χ1n) is 10.9. The van der Waals surface area contributed by atoms with Gasteiger partial charge in [-0.05, 0) is 25.0 Å². The van der Waals surface area contributed by atoms with E-state index in [1.807, 2.05) is 0 Å². The number of halogens is 5. The molecule has 0 saturated heterocycles. The van der Waals surface area contributed by atoms with Crippen LogP contribution in [0.15, 0.2) is 42.7 Å². The number of nitrogens with zero attached hydrogens (tertiary/aromatic N) is 3. The van der Waals surface area contributed by atoms with Crippen LogP contribution < -0.4 is 10.6 Å². The van der Waals surface area contributed by atoms with Crippen molar-refractivity contribution in [3.05, 3.63) is 71.2 Å². The first-order chi connectivity index (χ1) is 17.0. The average molecular weight is 505 g/mol. The third-order valence-electron chi connectivity index (χ3n) is 5.87. The summed E-state index contributed by atoms with van der Waals surface area (Å²) in [5.41, 5.74) is -2.00. The smallest absolute Gasteiger partial charge is 0.366 e. The molecular weight excluding hydrogens is 485 g/mol. The zero-order valence-corrected chi connectivity index (χ0v) is 18.9. The number of carbonyl (C=O) groups excluding carboxylic acids is 2. The Bertz CT molecular complexity index is 1320. The van der Waals surface area contributed by atoms with Crippen molar-refractivity contribution >= 4 is 17.5 Å². The molecule has 0 atom stereocenters. The highest BCUT2D eigenvalue weighted by Crippen LogP contribution is 2.49. The number of alkyl halides is 3. The van der Waals surface area contributed by atoms with Gasteiger partial charge >= 0.3 is 6.18 Å². The second-order valence-corrected chi connectivity index (χ2v) is 8.47. The maximum atomic E-state index is 14.0. The molecule has 7 nitrogen and oxygen atoms in total. The Hall–Kier alpha value is -3.96. The van der Waals surface area contributed by atoms with E-state index in [0.717, 1.165) is 18.3 Å². The van der Waals surface area contributed by atoms with E-state index in [1.165, 1.54) is 19.2 Å². The molecule has 0 bridgehead atoms. The molecule has 2 N–H and O–H groups in total. The van der Waals surface area contributed by atoms with Crippen molar-refractivity contribution in [2.75, 3.05) is 12.4 Å². The van der Waals surface area contributed by atoms with Crippen LogP contribution in [0.25, 0.3) is 11.4 Å². The topological polar surface area (TPSA) is 96.9 Å². The minimum Gasteiger partial charge on any atom is -0.366 e. The number of anilines is 1. The lowest BCUT2D eigenvalue weighted by Gasteiger charge is -2.14. The van der Waals surface area contributed by atoms with Crippen molar-refractivity contribution in [3.63, 3.8) is 0 Å². The summed E-state index contributed by atoms with van der Waals surface area (Å²) < 4.78 is 66.8. The molecule has 1 fully saturated rings. The van der Waals surface area contributed by atoms with E-state index in [4.69, 9.17) is 0 Å². The quantitative estimate of drug-likeness (QED) is 0.345. The summed E-state index contributed by atoms with van der Waals surface area (Å²) in [6.45, 7) is -0.154. The van der Waals surface area contributed by atoms with Gasteiger partial charge in [-0.1, -0.05) is 6.07 Å².